The highest BCUT2D eigenvalue weighted by atomic mass is 32.1. The van der Waals surface area contributed by atoms with Gasteiger partial charge >= 0.3 is 6.03 Å². The molecule has 0 bridgehead atoms. The summed E-state index contributed by atoms with van der Waals surface area (Å²) in [7, 11) is 1.64. The second kappa shape index (κ2) is 7.56. The summed E-state index contributed by atoms with van der Waals surface area (Å²) in [6.07, 6.45) is 0.656. The van der Waals surface area contributed by atoms with Crippen LogP contribution >= 0.6 is 11.3 Å². The summed E-state index contributed by atoms with van der Waals surface area (Å²) in [6, 6.07) is 16.7. The summed E-state index contributed by atoms with van der Waals surface area (Å²) in [5.41, 5.74) is 1.82. The van der Waals surface area contributed by atoms with E-state index in [1.54, 1.807) is 7.11 Å². The number of nitrogens with zero attached hydrogens (tertiary/aromatic N) is 2. The Kier molecular flexibility index (Phi) is 5.02. The number of nitrogens with one attached hydrogen (secondary N) is 2. The van der Waals surface area contributed by atoms with Gasteiger partial charge in [-0.3, -0.25) is 5.32 Å². The second-order valence-electron chi connectivity index (χ2n) is 4.97. The smallest absolute Gasteiger partial charge is 0.325 e. The van der Waals surface area contributed by atoms with Crippen LogP contribution < -0.4 is 15.4 Å². The van der Waals surface area contributed by atoms with E-state index in [0.29, 0.717) is 11.6 Å². The zero-order valence-corrected chi connectivity index (χ0v) is 13.8. The largest absolute Gasteiger partial charge is 0.497 e. The molecular weight excluding hydrogens is 324 g/mol. The number of hydrogen-bond acceptors (Lipinski definition) is 5. The van der Waals surface area contributed by atoms with E-state index >= 15 is 0 Å². The van der Waals surface area contributed by atoms with Gasteiger partial charge in [0.25, 0.3) is 0 Å². The number of anilines is 2. The number of ether oxygens (including phenoxy) is 1. The van der Waals surface area contributed by atoms with Crippen LogP contribution in [0.2, 0.25) is 0 Å². The minimum atomic E-state index is -0.339. The highest BCUT2D eigenvalue weighted by Crippen LogP contribution is 2.20. The van der Waals surface area contributed by atoms with E-state index in [-0.39, 0.29) is 6.03 Å². The van der Waals surface area contributed by atoms with E-state index in [9.17, 15) is 4.79 Å². The summed E-state index contributed by atoms with van der Waals surface area (Å²) in [5.74, 6) is 0.816. The van der Waals surface area contributed by atoms with Gasteiger partial charge < -0.3 is 10.1 Å². The van der Waals surface area contributed by atoms with Crippen LogP contribution in [0.5, 0.6) is 5.75 Å². The topological polar surface area (TPSA) is 76.1 Å². The predicted molar refractivity (Wildman–Crippen MR) is 94.8 cm³/mol. The second-order valence-corrected chi connectivity index (χ2v) is 6.03. The third kappa shape index (κ3) is 4.30. The third-order valence-electron chi connectivity index (χ3n) is 3.23. The van der Waals surface area contributed by atoms with Gasteiger partial charge in [0.15, 0.2) is 0 Å². The van der Waals surface area contributed by atoms with Gasteiger partial charge in [-0.2, -0.15) is 0 Å². The van der Waals surface area contributed by atoms with E-state index in [1.165, 1.54) is 11.3 Å². The van der Waals surface area contributed by atoms with E-state index in [1.807, 2.05) is 54.6 Å². The summed E-state index contributed by atoms with van der Waals surface area (Å²) in [5, 5.41) is 14.8. The molecule has 0 atom stereocenters. The minimum Gasteiger partial charge on any atom is -0.497 e. The molecule has 2 aromatic carbocycles. The van der Waals surface area contributed by atoms with Crippen LogP contribution in [-0.4, -0.2) is 23.3 Å². The van der Waals surface area contributed by atoms with Gasteiger partial charge in [-0.1, -0.05) is 41.7 Å². The zero-order chi connectivity index (χ0) is 16.8. The Morgan fingerprint density at radius 2 is 1.79 bits per heavy atom. The Balaban J connectivity index is 1.57. The first-order chi connectivity index (χ1) is 11.7. The van der Waals surface area contributed by atoms with Crippen molar-refractivity contribution in [3.63, 3.8) is 0 Å². The molecule has 0 unspecified atom stereocenters. The van der Waals surface area contributed by atoms with Gasteiger partial charge in [0, 0.05) is 12.1 Å². The van der Waals surface area contributed by atoms with Gasteiger partial charge in [0.2, 0.25) is 5.13 Å². The fourth-order valence-corrected chi connectivity index (χ4v) is 2.84. The van der Waals surface area contributed by atoms with Crippen LogP contribution in [0.3, 0.4) is 0 Å². The molecule has 1 heterocycles. The molecule has 7 heteroatoms. The van der Waals surface area contributed by atoms with Gasteiger partial charge in [0.1, 0.15) is 10.8 Å². The molecular formula is C17H16N4O2S. The van der Waals surface area contributed by atoms with Gasteiger partial charge in [0.05, 0.1) is 7.11 Å². The molecule has 0 aliphatic carbocycles. The Hall–Kier alpha value is -2.93. The SMILES string of the molecule is COc1ccc(Cc2nnc(NC(=O)Nc3ccccc3)s2)cc1. The number of benzene rings is 2. The van der Waals surface area contributed by atoms with E-state index in [2.05, 4.69) is 20.8 Å². The van der Waals surface area contributed by atoms with Crippen LogP contribution in [-0.2, 0) is 6.42 Å². The standard InChI is InChI=1S/C17H16N4O2S/c1-23-14-9-7-12(8-10-14)11-15-20-21-17(24-15)19-16(22)18-13-5-3-2-4-6-13/h2-10H,11H2,1H3,(H2,18,19,21,22). The lowest BCUT2D eigenvalue weighted by Gasteiger charge is -2.04. The molecule has 0 aliphatic heterocycles. The van der Waals surface area contributed by atoms with Crippen molar-refractivity contribution in [3.05, 3.63) is 65.2 Å². The molecule has 122 valence electrons. The number of carbonyl (C=O) groups is 1. The fourth-order valence-electron chi connectivity index (χ4n) is 2.07. The maximum absolute atomic E-state index is 11.9. The average Bonchev–Trinajstić information content (AvgIpc) is 3.03. The summed E-state index contributed by atoms with van der Waals surface area (Å²) in [4.78, 5) is 11.9. The van der Waals surface area contributed by atoms with Crippen molar-refractivity contribution in [1.82, 2.24) is 10.2 Å². The van der Waals surface area contributed by atoms with Gasteiger partial charge in [-0.15, -0.1) is 10.2 Å². The molecule has 0 aliphatic rings. The molecule has 6 nitrogen and oxygen atoms in total. The third-order valence-corrected chi connectivity index (χ3v) is 4.07. The molecule has 0 fully saturated rings. The molecule has 0 spiro atoms. The number of amides is 2. The molecule has 2 N–H and O–H groups in total. The Morgan fingerprint density at radius 3 is 2.50 bits per heavy atom. The fraction of sp³-hybridized carbons (Fsp3) is 0.118. The van der Waals surface area contributed by atoms with E-state index < -0.39 is 0 Å². The van der Waals surface area contributed by atoms with Crippen LogP contribution in [0.25, 0.3) is 0 Å². The Morgan fingerprint density at radius 1 is 1.04 bits per heavy atom. The number of aromatic nitrogens is 2. The van der Waals surface area contributed by atoms with Crippen LogP contribution in [0, 0.1) is 0 Å². The minimum absolute atomic E-state index is 0.339. The first kappa shape index (κ1) is 15.9. The van der Waals surface area contributed by atoms with Crippen LogP contribution in [0.15, 0.2) is 54.6 Å². The Bertz CT molecular complexity index is 803. The van der Waals surface area contributed by atoms with Crippen molar-refractivity contribution in [2.75, 3.05) is 17.7 Å². The molecule has 0 saturated heterocycles. The lowest BCUT2D eigenvalue weighted by atomic mass is 10.1. The lowest BCUT2D eigenvalue weighted by Crippen LogP contribution is -2.19. The van der Waals surface area contributed by atoms with Crippen molar-refractivity contribution in [1.29, 1.82) is 0 Å². The summed E-state index contributed by atoms with van der Waals surface area (Å²) in [6.45, 7) is 0. The van der Waals surface area contributed by atoms with Crippen molar-refractivity contribution in [2.45, 2.75) is 6.42 Å². The molecule has 0 radical (unpaired) electrons. The maximum Gasteiger partial charge on any atom is 0.325 e. The molecule has 3 aromatic rings. The maximum atomic E-state index is 11.9. The highest BCUT2D eigenvalue weighted by Gasteiger charge is 2.09. The first-order valence-corrected chi connectivity index (χ1v) is 8.13. The number of carbonyl (C=O) groups excluding carboxylic acids is 1. The number of para-hydroxylation sites is 1. The first-order valence-electron chi connectivity index (χ1n) is 7.31. The number of methoxy groups -OCH3 is 1. The molecule has 0 saturated carbocycles. The quantitative estimate of drug-likeness (QED) is 0.741. The zero-order valence-electron chi connectivity index (χ0n) is 13.0. The number of rotatable bonds is 5. The van der Waals surface area contributed by atoms with Crippen LogP contribution in [0.1, 0.15) is 10.6 Å². The number of hydrogen-bond donors (Lipinski definition) is 2. The predicted octanol–water partition coefficient (Wildman–Crippen LogP) is 3.78. The molecule has 3 rings (SSSR count). The summed E-state index contributed by atoms with van der Waals surface area (Å²) >= 11 is 1.35. The molecule has 24 heavy (non-hydrogen) atoms. The highest BCUT2D eigenvalue weighted by molar-refractivity contribution is 7.15. The van der Waals surface area contributed by atoms with Gasteiger partial charge in [-0.05, 0) is 29.8 Å². The number of urea groups is 1. The van der Waals surface area contributed by atoms with Crippen molar-refractivity contribution in [2.24, 2.45) is 0 Å². The molecule has 2 amide bonds. The van der Waals surface area contributed by atoms with E-state index in [0.717, 1.165) is 22.0 Å². The lowest BCUT2D eigenvalue weighted by molar-refractivity contribution is 0.262. The van der Waals surface area contributed by atoms with Crippen molar-refractivity contribution < 1.29 is 9.53 Å². The normalized spacial score (nSPS) is 10.2. The van der Waals surface area contributed by atoms with Crippen molar-refractivity contribution in [3.8, 4) is 5.75 Å². The Labute approximate surface area is 143 Å². The average molecular weight is 340 g/mol. The molecule has 1 aromatic heterocycles. The summed E-state index contributed by atoms with van der Waals surface area (Å²) < 4.78 is 5.14. The van der Waals surface area contributed by atoms with Crippen LogP contribution in [0.4, 0.5) is 15.6 Å². The van der Waals surface area contributed by atoms with Crippen molar-refractivity contribution >= 4 is 28.2 Å². The van der Waals surface area contributed by atoms with E-state index in [4.69, 9.17) is 4.74 Å². The monoisotopic (exact) mass is 340 g/mol. The van der Waals surface area contributed by atoms with Gasteiger partial charge in [-0.25, -0.2) is 4.79 Å².